The number of rotatable bonds is 6. The normalized spacial score (nSPS) is 18.8. The van der Waals surface area contributed by atoms with E-state index in [0.717, 1.165) is 42.8 Å². The number of nitrogens with zero attached hydrogens (tertiary/aromatic N) is 1. The molecule has 4 nitrogen and oxygen atoms in total. The molecule has 0 aliphatic heterocycles. The van der Waals surface area contributed by atoms with Crippen molar-refractivity contribution in [3.8, 4) is 0 Å². The van der Waals surface area contributed by atoms with Crippen molar-refractivity contribution in [2.75, 3.05) is 0 Å². The summed E-state index contributed by atoms with van der Waals surface area (Å²) in [6.45, 7) is 6.16. The van der Waals surface area contributed by atoms with E-state index in [4.69, 9.17) is 0 Å². The Labute approximate surface area is 126 Å². The lowest BCUT2D eigenvalue weighted by atomic mass is 10.1. The minimum Gasteiger partial charge on any atom is -0.245 e. The van der Waals surface area contributed by atoms with E-state index in [0.29, 0.717) is 5.92 Å². The maximum Gasteiger partial charge on any atom is 0.215 e. The van der Waals surface area contributed by atoms with Gasteiger partial charge in [0.1, 0.15) is 5.01 Å². The summed E-state index contributed by atoms with van der Waals surface area (Å²) in [6, 6.07) is -0.181. The molecule has 1 aromatic heterocycles. The molecule has 1 unspecified atom stereocenters. The smallest absolute Gasteiger partial charge is 0.215 e. The Morgan fingerprint density at radius 1 is 1.40 bits per heavy atom. The molecule has 1 aliphatic rings. The Kier molecular flexibility index (Phi) is 5.20. The van der Waals surface area contributed by atoms with Crippen molar-refractivity contribution in [2.24, 2.45) is 5.92 Å². The monoisotopic (exact) mass is 316 g/mol. The highest BCUT2D eigenvalue weighted by Crippen LogP contribution is 2.29. The maximum atomic E-state index is 12.5. The first-order valence-electron chi connectivity index (χ1n) is 7.31. The summed E-state index contributed by atoms with van der Waals surface area (Å²) in [7, 11) is -3.23. The number of hydrogen-bond donors (Lipinski definition) is 1. The molecule has 1 aliphatic carbocycles. The lowest BCUT2D eigenvalue weighted by Gasteiger charge is -2.21. The topological polar surface area (TPSA) is 59.1 Å². The van der Waals surface area contributed by atoms with Gasteiger partial charge in [0, 0.05) is 11.1 Å². The van der Waals surface area contributed by atoms with Gasteiger partial charge in [-0.3, -0.25) is 0 Å². The van der Waals surface area contributed by atoms with Crippen molar-refractivity contribution in [3.05, 3.63) is 16.1 Å². The van der Waals surface area contributed by atoms with Gasteiger partial charge < -0.3 is 0 Å². The number of aryl methyl sites for hydroxylation is 1. The molecule has 114 valence electrons. The van der Waals surface area contributed by atoms with Crippen molar-refractivity contribution < 1.29 is 8.42 Å². The molecular formula is C14H24N2O2S2. The molecule has 0 spiro atoms. The molecule has 1 atom stereocenters. The third kappa shape index (κ3) is 4.02. The van der Waals surface area contributed by atoms with E-state index in [1.165, 1.54) is 0 Å². The Hall–Kier alpha value is -0.460. The molecule has 0 radical (unpaired) electrons. The molecule has 0 amide bonds. The maximum absolute atomic E-state index is 12.5. The average Bonchev–Trinajstić information content (AvgIpc) is 2.97. The first-order valence-corrected chi connectivity index (χ1v) is 9.74. The van der Waals surface area contributed by atoms with Gasteiger partial charge >= 0.3 is 0 Å². The molecule has 1 aromatic rings. The number of sulfonamides is 1. The standard InChI is InChI=1S/C14H24N2O2S2/c1-10(2)8-13(14-15-11(3)9-19-14)16-20(17,18)12-6-4-5-7-12/h9-10,12-13,16H,4-8H2,1-3H3. The predicted octanol–water partition coefficient (Wildman–Crippen LogP) is 3.40. The predicted molar refractivity (Wildman–Crippen MR) is 83.4 cm³/mol. The fraction of sp³-hybridized carbons (Fsp3) is 0.786. The zero-order chi connectivity index (χ0) is 14.8. The van der Waals surface area contributed by atoms with E-state index in [-0.39, 0.29) is 11.3 Å². The average molecular weight is 316 g/mol. The molecule has 6 heteroatoms. The second-order valence-electron chi connectivity index (χ2n) is 6.08. The van der Waals surface area contributed by atoms with Crippen LogP contribution in [0.1, 0.15) is 62.7 Å². The lowest BCUT2D eigenvalue weighted by molar-refractivity contribution is 0.466. The van der Waals surface area contributed by atoms with Crippen LogP contribution >= 0.6 is 11.3 Å². The second-order valence-corrected chi connectivity index (χ2v) is 8.96. The highest BCUT2D eigenvalue weighted by atomic mass is 32.2. The summed E-state index contributed by atoms with van der Waals surface area (Å²) in [5.41, 5.74) is 0.957. The Morgan fingerprint density at radius 3 is 2.55 bits per heavy atom. The molecule has 0 bridgehead atoms. The van der Waals surface area contributed by atoms with Crippen LogP contribution in [0.2, 0.25) is 0 Å². The van der Waals surface area contributed by atoms with Gasteiger partial charge in [0.15, 0.2) is 0 Å². The van der Waals surface area contributed by atoms with E-state index >= 15 is 0 Å². The summed E-state index contributed by atoms with van der Waals surface area (Å²) >= 11 is 1.54. The molecule has 0 aromatic carbocycles. The third-order valence-corrected chi connectivity index (χ3v) is 6.73. The first kappa shape index (κ1) is 15.9. The van der Waals surface area contributed by atoms with E-state index in [1.54, 1.807) is 11.3 Å². The van der Waals surface area contributed by atoms with E-state index in [9.17, 15) is 8.42 Å². The van der Waals surface area contributed by atoms with E-state index < -0.39 is 10.0 Å². The van der Waals surface area contributed by atoms with Gasteiger partial charge in [-0.2, -0.15) is 0 Å². The van der Waals surface area contributed by atoms with Gasteiger partial charge in [-0.15, -0.1) is 11.3 Å². The number of hydrogen-bond acceptors (Lipinski definition) is 4. The highest BCUT2D eigenvalue weighted by Gasteiger charge is 2.32. The highest BCUT2D eigenvalue weighted by molar-refractivity contribution is 7.90. The molecule has 1 N–H and O–H groups in total. The Balaban J connectivity index is 2.15. The van der Waals surface area contributed by atoms with Crippen molar-refractivity contribution in [1.82, 2.24) is 9.71 Å². The summed E-state index contributed by atoms with van der Waals surface area (Å²) in [5, 5.41) is 2.66. The van der Waals surface area contributed by atoms with Crippen LogP contribution < -0.4 is 4.72 Å². The quantitative estimate of drug-likeness (QED) is 0.875. The zero-order valence-corrected chi connectivity index (χ0v) is 14.1. The van der Waals surface area contributed by atoms with Crippen molar-refractivity contribution in [1.29, 1.82) is 0 Å². The van der Waals surface area contributed by atoms with Crippen LogP contribution in [0.5, 0.6) is 0 Å². The van der Waals surface area contributed by atoms with Crippen LogP contribution in [0.4, 0.5) is 0 Å². The second kappa shape index (κ2) is 6.54. The summed E-state index contributed by atoms with van der Waals surface area (Å²) < 4.78 is 27.9. The molecule has 1 heterocycles. The molecular weight excluding hydrogens is 292 g/mol. The SMILES string of the molecule is Cc1csc(C(CC(C)C)NS(=O)(=O)C2CCCC2)n1. The summed E-state index contributed by atoms with van der Waals surface area (Å²) in [5.74, 6) is 0.426. The molecule has 1 fully saturated rings. The fourth-order valence-corrected chi connectivity index (χ4v) is 5.38. The molecule has 0 saturated heterocycles. The Bertz CT molecular complexity index is 531. The minimum atomic E-state index is -3.23. The fourth-order valence-electron chi connectivity index (χ4n) is 2.70. The zero-order valence-electron chi connectivity index (χ0n) is 12.4. The van der Waals surface area contributed by atoms with Crippen LogP contribution in [-0.4, -0.2) is 18.7 Å². The Morgan fingerprint density at radius 2 is 2.05 bits per heavy atom. The summed E-state index contributed by atoms with van der Waals surface area (Å²) in [6.07, 6.45) is 4.42. The van der Waals surface area contributed by atoms with Gasteiger partial charge in [0.05, 0.1) is 11.3 Å². The summed E-state index contributed by atoms with van der Waals surface area (Å²) in [4.78, 5) is 4.47. The van der Waals surface area contributed by atoms with Gasteiger partial charge in [0.25, 0.3) is 0 Å². The first-order chi connectivity index (χ1) is 9.38. The lowest BCUT2D eigenvalue weighted by Crippen LogP contribution is -2.36. The van der Waals surface area contributed by atoms with Crippen LogP contribution in [0.3, 0.4) is 0 Å². The van der Waals surface area contributed by atoms with Crippen LogP contribution in [-0.2, 0) is 10.0 Å². The van der Waals surface area contributed by atoms with Crippen LogP contribution in [0, 0.1) is 12.8 Å². The van der Waals surface area contributed by atoms with Gasteiger partial charge in [0.2, 0.25) is 10.0 Å². The van der Waals surface area contributed by atoms with Crippen LogP contribution in [0.25, 0.3) is 0 Å². The number of nitrogens with one attached hydrogen (secondary N) is 1. The van der Waals surface area contributed by atoms with Crippen molar-refractivity contribution >= 4 is 21.4 Å². The number of thiazole rings is 1. The molecule has 2 rings (SSSR count). The molecule has 1 saturated carbocycles. The van der Waals surface area contributed by atoms with Crippen molar-refractivity contribution in [3.63, 3.8) is 0 Å². The minimum absolute atomic E-state index is 0.181. The third-order valence-electron chi connectivity index (χ3n) is 3.69. The van der Waals surface area contributed by atoms with Gasteiger partial charge in [-0.05, 0) is 32.1 Å². The van der Waals surface area contributed by atoms with E-state index in [1.807, 2.05) is 12.3 Å². The van der Waals surface area contributed by atoms with Crippen LogP contribution in [0.15, 0.2) is 5.38 Å². The van der Waals surface area contributed by atoms with Gasteiger partial charge in [-0.25, -0.2) is 18.1 Å². The largest absolute Gasteiger partial charge is 0.245 e. The van der Waals surface area contributed by atoms with Crippen molar-refractivity contribution in [2.45, 2.75) is 64.2 Å². The number of aromatic nitrogens is 1. The van der Waals surface area contributed by atoms with E-state index in [2.05, 4.69) is 23.6 Å². The van der Waals surface area contributed by atoms with Gasteiger partial charge in [-0.1, -0.05) is 26.7 Å². The molecule has 20 heavy (non-hydrogen) atoms.